The Morgan fingerprint density at radius 1 is 1.79 bits per heavy atom. The predicted octanol–water partition coefficient (Wildman–Crippen LogP) is 0.376. The van der Waals surface area contributed by atoms with E-state index in [0.29, 0.717) is 6.61 Å². The molecular formula is C9H13N3O2. The second-order valence-corrected chi connectivity index (χ2v) is 3.40. The number of carbonyl (C=O) groups excluding carboxylic acids is 1. The molecule has 1 saturated heterocycles. The lowest BCUT2D eigenvalue weighted by molar-refractivity contribution is -0.120. The topological polar surface area (TPSA) is 67.0 Å². The average Bonchev–Trinajstić information content (AvgIpc) is 2.70. The Kier molecular flexibility index (Phi) is 2.49. The van der Waals surface area contributed by atoms with Gasteiger partial charge in [-0.3, -0.25) is 9.89 Å². The van der Waals surface area contributed by atoms with Crippen molar-refractivity contribution in [3.8, 4) is 0 Å². The number of rotatable bonds is 2. The van der Waals surface area contributed by atoms with Gasteiger partial charge in [0.05, 0.1) is 11.7 Å². The summed E-state index contributed by atoms with van der Waals surface area (Å²) in [5.41, 5.74) is 0.918. The van der Waals surface area contributed by atoms with Crippen molar-refractivity contribution < 1.29 is 9.53 Å². The van der Waals surface area contributed by atoms with Gasteiger partial charge in [-0.15, -0.1) is 0 Å². The van der Waals surface area contributed by atoms with E-state index in [0.717, 1.165) is 12.1 Å². The summed E-state index contributed by atoms with van der Waals surface area (Å²) in [6, 6.07) is 1.93. The minimum atomic E-state index is -0.0820. The lowest BCUT2D eigenvalue weighted by atomic mass is 10.1. The fourth-order valence-corrected chi connectivity index (χ4v) is 1.73. The lowest BCUT2D eigenvalue weighted by Crippen LogP contribution is -2.35. The molecule has 0 aromatic carbocycles. The zero-order valence-corrected chi connectivity index (χ0v) is 7.99. The first kappa shape index (κ1) is 9.21. The third-order valence-corrected chi connectivity index (χ3v) is 2.31. The second-order valence-electron chi connectivity index (χ2n) is 3.40. The molecule has 14 heavy (non-hydrogen) atoms. The van der Waals surface area contributed by atoms with Gasteiger partial charge in [0.1, 0.15) is 6.10 Å². The highest BCUT2D eigenvalue weighted by Gasteiger charge is 2.30. The maximum Gasteiger partial charge on any atom is 0.217 e. The van der Waals surface area contributed by atoms with E-state index in [1.165, 1.54) is 6.92 Å². The van der Waals surface area contributed by atoms with Crippen LogP contribution in [0.25, 0.3) is 0 Å². The van der Waals surface area contributed by atoms with Gasteiger partial charge in [0.25, 0.3) is 0 Å². The van der Waals surface area contributed by atoms with Gasteiger partial charge in [-0.05, 0) is 12.5 Å². The molecule has 0 radical (unpaired) electrons. The minimum absolute atomic E-state index is 0.0231. The fourth-order valence-electron chi connectivity index (χ4n) is 1.73. The number of aromatic amines is 1. The van der Waals surface area contributed by atoms with E-state index in [2.05, 4.69) is 15.5 Å². The smallest absolute Gasteiger partial charge is 0.217 e. The Morgan fingerprint density at radius 2 is 2.64 bits per heavy atom. The van der Waals surface area contributed by atoms with Crippen molar-refractivity contribution in [2.24, 2.45) is 0 Å². The average molecular weight is 195 g/mol. The number of nitrogens with one attached hydrogen (secondary N) is 2. The van der Waals surface area contributed by atoms with Crippen LogP contribution in [0.5, 0.6) is 0 Å². The highest BCUT2D eigenvalue weighted by atomic mass is 16.5. The molecule has 0 unspecified atom stereocenters. The van der Waals surface area contributed by atoms with Crippen molar-refractivity contribution in [2.45, 2.75) is 25.5 Å². The molecule has 76 valence electrons. The number of hydrogen-bond acceptors (Lipinski definition) is 3. The third kappa shape index (κ3) is 1.77. The molecule has 1 fully saturated rings. The molecule has 1 aromatic heterocycles. The zero-order chi connectivity index (χ0) is 9.97. The van der Waals surface area contributed by atoms with E-state index in [1.54, 1.807) is 6.20 Å². The van der Waals surface area contributed by atoms with Crippen LogP contribution >= 0.6 is 0 Å². The number of nitrogens with zero attached hydrogens (tertiary/aromatic N) is 1. The van der Waals surface area contributed by atoms with E-state index in [4.69, 9.17) is 4.74 Å². The Bertz CT molecular complexity index is 310. The van der Waals surface area contributed by atoms with Crippen molar-refractivity contribution in [1.82, 2.24) is 15.5 Å². The molecule has 2 N–H and O–H groups in total. The monoisotopic (exact) mass is 195 g/mol. The number of ether oxygens (including phenoxy) is 1. The first-order chi connectivity index (χ1) is 6.77. The summed E-state index contributed by atoms with van der Waals surface area (Å²) in [6.07, 6.45) is 2.45. The first-order valence-electron chi connectivity index (χ1n) is 4.65. The van der Waals surface area contributed by atoms with E-state index in [9.17, 15) is 4.79 Å². The number of hydrogen-bond donors (Lipinski definition) is 2. The van der Waals surface area contributed by atoms with E-state index >= 15 is 0 Å². The van der Waals surface area contributed by atoms with Crippen LogP contribution in [0, 0.1) is 0 Å². The Hall–Kier alpha value is -1.36. The summed E-state index contributed by atoms with van der Waals surface area (Å²) >= 11 is 0. The van der Waals surface area contributed by atoms with E-state index in [-0.39, 0.29) is 18.1 Å². The second kappa shape index (κ2) is 3.79. The summed E-state index contributed by atoms with van der Waals surface area (Å²) in [5, 5.41) is 9.59. The van der Waals surface area contributed by atoms with Crippen LogP contribution < -0.4 is 5.32 Å². The molecule has 0 spiro atoms. The molecule has 0 bridgehead atoms. The van der Waals surface area contributed by atoms with Crippen LogP contribution in [0.4, 0.5) is 0 Å². The van der Waals surface area contributed by atoms with Gasteiger partial charge >= 0.3 is 0 Å². The van der Waals surface area contributed by atoms with Crippen LogP contribution in [-0.2, 0) is 9.53 Å². The molecule has 1 aromatic rings. The van der Waals surface area contributed by atoms with Gasteiger partial charge in [0.15, 0.2) is 0 Å². The van der Waals surface area contributed by atoms with Gasteiger partial charge in [0.2, 0.25) is 5.91 Å². The highest BCUT2D eigenvalue weighted by molar-refractivity contribution is 5.73. The SMILES string of the molecule is CC(=O)N[C@@H]1CCO[C@H]1c1ccn[nH]1. The van der Waals surface area contributed by atoms with Crippen LogP contribution in [0.2, 0.25) is 0 Å². The van der Waals surface area contributed by atoms with Gasteiger partial charge in [-0.2, -0.15) is 5.10 Å². The Morgan fingerprint density at radius 3 is 3.29 bits per heavy atom. The molecule has 1 aliphatic rings. The van der Waals surface area contributed by atoms with Crippen molar-refractivity contribution in [3.63, 3.8) is 0 Å². The van der Waals surface area contributed by atoms with Crippen molar-refractivity contribution in [3.05, 3.63) is 18.0 Å². The molecular weight excluding hydrogens is 182 g/mol. The third-order valence-electron chi connectivity index (χ3n) is 2.31. The number of carbonyl (C=O) groups is 1. The fraction of sp³-hybridized carbons (Fsp3) is 0.556. The van der Waals surface area contributed by atoms with Gasteiger partial charge < -0.3 is 10.1 Å². The highest BCUT2D eigenvalue weighted by Crippen LogP contribution is 2.27. The maximum absolute atomic E-state index is 10.9. The molecule has 2 heterocycles. The van der Waals surface area contributed by atoms with Gasteiger partial charge in [-0.25, -0.2) is 0 Å². The summed E-state index contributed by atoms with van der Waals surface area (Å²) in [6.45, 7) is 2.19. The number of aromatic nitrogens is 2. The summed E-state index contributed by atoms with van der Waals surface area (Å²) in [7, 11) is 0. The quantitative estimate of drug-likeness (QED) is 0.716. The standard InChI is InChI=1S/C9H13N3O2/c1-6(13)11-7-3-5-14-9(7)8-2-4-10-12-8/h2,4,7,9H,3,5H2,1H3,(H,10,12)(H,11,13)/t7-,9-/m1/s1. The van der Waals surface area contributed by atoms with Crippen molar-refractivity contribution >= 4 is 5.91 Å². The Labute approximate surface area is 81.8 Å². The van der Waals surface area contributed by atoms with Crippen LogP contribution in [0.3, 0.4) is 0 Å². The molecule has 0 saturated carbocycles. The van der Waals surface area contributed by atoms with E-state index in [1.807, 2.05) is 6.07 Å². The molecule has 1 amide bonds. The van der Waals surface area contributed by atoms with Crippen LogP contribution in [0.15, 0.2) is 12.3 Å². The zero-order valence-electron chi connectivity index (χ0n) is 7.99. The van der Waals surface area contributed by atoms with Gasteiger partial charge in [0, 0.05) is 19.7 Å². The van der Waals surface area contributed by atoms with Crippen molar-refractivity contribution in [2.75, 3.05) is 6.61 Å². The molecule has 2 atom stereocenters. The summed E-state index contributed by atoms with van der Waals surface area (Å²) in [4.78, 5) is 10.9. The summed E-state index contributed by atoms with van der Waals surface area (Å²) < 4.78 is 5.52. The molecule has 5 heteroatoms. The van der Waals surface area contributed by atoms with E-state index < -0.39 is 0 Å². The largest absolute Gasteiger partial charge is 0.370 e. The number of H-pyrrole nitrogens is 1. The van der Waals surface area contributed by atoms with Crippen molar-refractivity contribution in [1.29, 1.82) is 0 Å². The van der Waals surface area contributed by atoms with Crippen LogP contribution in [-0.4, -0.2) is 28.8 Å². The first-order valence-corrected chi connectivity index (χ1v) is 4.65. The molecule has 1 aliphatic heterocycles. The maximum atomic E-state index is 10.9. The number of amides is 1. The molecule has 2 rings (SSSR count). The predicted molar refractivity (Wildman–Crippen MR) is 49.5 cm³/mol. The molecule has 5 nitrogen and oxygen atoms in total. The lowest BCUT2D eigenvalue weighted by Gasteiger charge is -2.17. The molecule has 0 aliphatic carbocycles. The summed E-state index contributed by atoms with van der Waals surface area (Å²) in [5.74, 6) is -0.0231. The Balaban J connectivity index is 2.07. The minimum Gasteiger partial charge on any atom is -0.370 e. The normalized spacial score (nSPS) is 26.4. The van der Waals surface area contributed by atoms with Crippen LogP contribution in [0.1, 0.15) is 25.1 Å². The van der Waals surface area contributed by atoms with Gasteiger partial charge in [-0.1, -0.05) is 0 Å².